The highest BCUT2D eigenvalue weighted by atomic mass is 16.5. The van der Waals surface area contributed by atoms with Crippen LogP contribution in [0.5, 0.6) is 0 Å². The van der Waals surface area contributed by atoms with E-state index in [0.29, 0.717) is 27.7 Å². The number of methoxy groups -OCH3 is 1. The Morgan fingerprint density at radius 1 is 1.00 bits per heavy atom. The van der Waals surface area contributed by atoms with E-state index in [1.165, 1.54) is 7.11 Å². The van der Waals surface area contributed by atoms with Gasteiger partial charge in [-0.3, -0.25) is 4.79 Å². The minimum Gasteiger partial charge on any atom is -0.467 e. The van der Waals surface area contributed by atoms with E-state index in [-0.39, 0.29) is 0 Å². The lowest BCUT2D eigenvalue weighted by atomic mass is 10.0. The summed E-state index contributed by atoms with van der Waals surface area (Å²) < 4.78 is 4.89. The van der Waals surface area contributed by atoms with Crippen molar-refractivity contribution < 1.29 is 14.3 Å². The van der Waals surface area contributed by atoms with Gasteiger partial charge < -0.3 is 10.1 Å². The summed E-state index contributed by atoms with van der Waals surface area (Å²) >= 11 is 0. The van der Waals surface area contributed by atoms with Gasteiger partial charge in [-0.1, -0.05) is 60.7 Å². The topological polar surface area (TPSA) is 68.3 Å². The van der Waals surface area contributed by atoms with Crippen molar-refractivity contribution in [3.63, 3.8) is 0 Å². The molecule has 0 aliphatic carbocycles. The number of aromatic nitrogens is 1. The van der Waals surface area contributed by atoms with E-state index in [9.17, 15) is 9.59 Å². The van der Waals surface area contributed by atoms with Gasteiger partial charge in [0.1, 0.15) is 0 Å². The number of carbonyl (C=O) groups excluding carboxylic acids is 2. The highest BCUT2D eigenvalue weighted by Gasteiger charge is 2.25. The van der Waals surface area contributed by atoms with Gasteiger partial charge in [0.05, 0.1) is 23.9 Å². The molecule has 0 aliphatic heterocycles. The maximum atomic E-state index is 13.3. The molecule has 0 aliphatic rings. The third kappa shape index (κ3) is 3.85. The molecule has 1 aromatic heterocycles. The molecule has 0 unspecified atom stereocenters. The Kier molecular flexibility index (Phi) is 5.40. The molecule has 146 valence electrons. The van der Waals surface area contributed by atoms with Crippen LogP contribution in [0.3, 0.4) is 0 Å². The molecule has 0 bridgehead atoms. The number of fused-ring (bicyclic) bond motifs is 1. The number of para-hydroxylation sites is 1. The first-order chi connectivity index (χ1) is 14.7. The number of amides is 1. The van der Waals surface area contributed by atoms with E-state index in [0.717, 1.165) is 5.56 Å². The van der Waals surface area contributed by atoms with Crippen molar-refractivity contribution in [2.75, 3.05) is 7.11 Å². The van der Waals surface area contributed by atoms with Gasteiger partial charge in [0, 0.05) is 10.9 Å². The lowest BCUT2D eigenvalue weighted by Crippen LogP contribution is -2.34. The molecule has 5 nitrogen and oxygen atoms in total. The van der Waals surface area contributed by atoms with Crippen LogP contribution in [-0.4, -0.2) is 24.0 Å². The molecule has 0 spiro atoms. The summed E-state index contributed by atoms with van der Waals surface area (Å²) in [6.45, 7) is 0. The number of ether oxygens (including phenoxy) is 1. The number of rotatable bonds is 5. The van der Waals surface area contributed by atoms with E-state index >= 15 is 0 Å². The van der Waals surface area contributed by atoms with Crippen LogP contribution in [0.1, 0.15) is 22.0 Å². The third-order valence-electron chi connectivity index (χ3n) is 4.76. The van der Waals surface area contributed by atoms with E-state index < -0.39 is 17.9 Å². The minimum absolute atomic E-state index is 0.394. The lowest BCUT2D eigenvalue weighted by Gasteiger charge is -2.17. The molecule has 0 fully saturated rings. The fourth-order valence-corrected chi connectivity index (χ4v) is 3.26. The monoisotopic (exact) mass is 394 g/mol. The Balaban J connectivity index is 1.77. The van der Waals surface area contributed by atoms with E-state index in [1.54, 1.807) is 24.3 Å². The number of pyridine rings is 1. The molecule has 4 aromatic rings. The Bertz CT molecular complexity index is 1190. The second-order valence-corrected chi connectivity index (χ2v) is 6.63. The van der Waals surface area contributed by atoms with Crippen LogP contribution >= 0.6 is 0 Å². The molecule has 5 heteroatoms. The second-order valence-electron chi connectivity index (χ2n) is 6.63. The predicted octanol–water partition coefficient (Wildman–Crippen LogP) is 4.15. The van der Waals surface area contributed by atoms with Gasteiger partial charge in [-0.25, -0.2) is 9.78 Å². The molecule has 1 atom stereocenters. The zero-order valence-electron chi connectivity index (χ0n) is 16.3. The molecule has 1 heterocycles. The molecule has 0 saturated heterocycles. The molecular weight excluding hydrogens is 376 g/mol. The van der Waals surface area contributed by atoms with Crippen molar-refractivity contribution in [2.24, 2.45) is 0 Å². The average molecular weight is 394 g/mol. The van der Waals surface area contributed by atoms with Gasteiger partial charge >= 0.3 is 5.97 Å². The van der Waals surface area contributed by atoms with Gasteiger partial charge in [-0.05, 0) is 35.9 Å². The number of nitrogens with zero attached hydrogens (tertiary/aromatic N) is 1. The van der Waals surface area contributed by atoms with Crippen LogP contribution in [0.15, 0.2) is 78.9 Å². The van der Waals surface area contributed by atoms with Crippen molar-refractivity contribution in [1.82, 2.24) is 10.3 Å². The first-order valence-electron chi connectivity index (χ1n) is 9.39. The lowest BCUT2D eigenvalue weighted by molar-refractivity contribution is -0.143. The van der Waals surface area contributed by atoms with Gasteiger partial charge in [-0.2, -0.15) is 0 Å². The van der Waals surface area contributed by atoms with E-state index in [4.69, 9.17) is 9.72 Å². The van der Waals surface area contributed by atoms with Crippen molar-refractivity contribution >= 4 is 22.8 Å². The maximum Gasteiger partial charge on any atom is 0.333 e. The Labute approximate surface area is 174 Å². The first-order valence-corrected chi connectivity index (χ1v) is 9.39. The summed E-state index contributed by atoms with van der Waals surface area (Å²) in [5.41, 5.74) is 3.27. The molecule has 30 heavy (non-hydrogen) atoms. The SMILES string of the molecule is COC(=O)[C@H](NC(=O)c1cc(-c2ccccc2)nc2ccccc12)c1cc#ccc1. The number of nitrogens with one attached hydrogen (secondary N) is 1. The molecule has 3 aromatic carbocycles. The first kappa shape index (κ1) is 19.2. The highest BCUT2D eigenvalue weighted by Crippen LogP contribution is 2.25. The van der Waals surface area contributed by atoms with E-state index in [1.807, 2.05) is 54.6 Å². The number of benzene rings is 2. The highest BCUT2D eigenvalue weighted by molar-refractivity contribution is 6.08. The summed E-state index contributed by atoms with van der Waals surface area (Å²) in [6.07, 6.45) is 0. The number of esters is 1. The van der Waals surface area contributed by atoms with Crippen LogP contribution < -0.4 is 5.32 Å². The molecule has 1 amide bonds. The molecule has 4 rings (SSSR count). The van der Waals surface area contributed by atoms with Gasteiger partial charge in [0.2, 0.25) is 0 Å². The normalized spacial score (nSPS) is 11.4. The van der Waals surface area contributed by atoms with Crippen molar-refractivity contribution in [3.8, 4) is 11.3 Å². The Morgan fingerprint density at radius 3 is 2.50 bits per heavy atom. The number of hydrogen-bond donors (Lipinski definition) is 1. The predicted molar refractivity (Wildman–Crippen MR) is 114 cm³/mol. The van der Waals surface area contributed by atoms with Crippen molar-refractivity contribution in [2.45, 2.75) is 6.04 Å². The largest absolute Gasteiger partial charge is 0.467 e. The summed E-state index contributed by atoms with van der Waals surface area (Å²) in [4.78, 5) is 30.3. The smallest absolute Gasteiger partial charge is 0.333 e. The third-order valence-corrected chi connectivity index (χ3v) is 4.76. The van der Waals surface area contributed by atoms with Gasteiger partial charge in [0.25, 0.3) is 5.91 Å². The Hall–Kier alpha value is -4.17. The summed E-state index contributed by atoms with van der Waals surface area (Å²) in [7, 11) is 1.29. The zero-order valence-corrected chi connectivity index (χ0v) is 16.3. The quantitative estimate of drug-likeness (QED) is 0.517. The van der Waals surface area contributed by atoms with Crippen molar-refractivity contribution in [3.05, 3.63) is 102 Å². The van der Waals surface area contributed by atoms with E-state index in [2.05, 4.69) is 17.4 Å². The summed E-state index contributed by atoms with van der Waals surface area (Å²) in [5.74, 6) is -0.960. The minimum atomic E-state index is -0.958. The van der Waals surface area contributed by atoms with Crippen LogP contribution in [0.25, 0.3) is 22.2 Å². The molecule has 0 saturated carbocycles. The molecule has 1 N–H and O–H groups in total. The van der Waals surface area contributed by atoms with Crippen LogP contribution in [0.2, 0.25) is 0 Å². The van der Waals surface area contributed by atoms with Gasteiger partial charge in [0.15, 0.2) is 6.04 Å². The van der Waals surface area contributed by atoms with Crippen LogP contribution in [0.4, 0.5) is 0 Å². The van der Waals surface area contributed by atoms with Crippen molar-refractivity contribution in [1.29, 1.82) is 0 Å². The second kappa shape index (κ2) is 8.46. The molecular formula is C25H18N2O3. The Morgan fingerprint density at radius 2 is 1.77 bits per heavy atom. The fraction of sp³-hybridized carbons (Fsp3) is 0.0800. The molecule has 0 radical (unpaired) electrons. The zero-order chi connectivity index (χ0) is 20.9. The number of carbonyl (C=O) groups is 2. The van der Waals surface area contributed by atoms with Gasteiger partial charge in [-0.15, -0.1) is 0 Å². The standard InChI is InChI=1S/C25H18N2O3/c1-30-25(29)23(18-12-6-3-7-13-18)27-24(28)20-16-22(17-10-4-2-5-11-17)26-21-15-9-8-14-19(20)21/h2,4-6,8-16,23H,1H3,(H,27,28)/t23-/m1/s1. The maximum absolute atomic E-state index is 13.3. The van der Waals surface area contributed by atoms with Crippen LogP contribution in [0, 0.1) is 12.1 Å². The fourth-order valence-electron chi connectivity index (χ4n) is 3.26. The summed E-state index contributed by atoms with van der Waals surface area (Å²) in [6, 6.07) is 28.3. The number of hydrogen-bond acceptors (Lipinski definition) is 4. The summed E-state index contributed by atoms with van der Waals surface area (Å²) in [5, 5.41) is 3.50. The van der Waals surface area contributed by atoms with Crippen LogP contribution in [-0.2, 0) is 9.53 Å². The average Bonchev–Trinajstić information content (AvgIpc) is 2.82.